The number of fused-ring (bicyclic) bond motifs is 1. The first-order valence-electron chi connectivity index (χ1n) is 9.78. The summed E-state index contributed by atoms with van der Waals surface area (Å²) in [6.45, 7) is 4.06. The summed E-state index contributed by atoms with van der Waals surface area (Å²) < 4.78 is 1.53. The largest absolute Gasteiger partial charge is 0.356 e. The van der Waals surface area contributed by atoms with Crippen LogP contribution in [0.5, 0.6) is 0 Å². The SMILES string of the molecule is CC(=O)NCCCc1ccc(-c2csc(NC(=O)c3nc4nccc(C)n4n3)n2)cc1. The highest BCUT2D eigenvalue weighted by Gasteiger charge is 2.16. The molecule has 9 nitrogen and oxygen atoms in total. The summed E-state index contributed by atoms with van der Waals surface area (Å²) in [7, 11) is 0. The first-order valence-corrected chi connectivity index (χ1v) is 10.7. The molecule has 0 bridgehead atoms. The van der Waals surface area contributed by atoms with Gasteiger partial charge in [-0.25, -0.2) is 14.5 Å². The second-order valence-electron chi connectivity index (χ2n) is 7.01. The van der Waals surface area contributed by atoms with Gasteiger partial charge in [0.15, 0.2) is 5.13 Å². The molecule has 4 aromatic rings. The lowest BCUT2D eigenvalue weighted by Crippen LogP contribution is -2.21. The Hall–Kier alpha value is -3.66. The van der Waals surface area contributed by atoms with Crippen molar-refractivity contribution in [2.45, 2.75) is 26.7 Å². The fourth-order valence-electron chi connectivity index (χ4n) is 3.02. The van der Waals surface area contributed by atoms with Gasteiger partial charge in [-0.3, -0.25) is 14.9 Å². The molecular weight excluding hydrogens is 414 g/mol. The third kappa shape index (κ3) is 4.92. The zero-order valence-corrected chi connectivity index (χ0v) is 17.9. The number of carbonyl (C=O) groups is 2. The lowest BCUT2D eigenvalue weighted by Gasteiger charge is -2.04. The van der Waals surface area contributed by atoms with E-state index in [4.69, 9.17) is 0 Å². The standard InChI is InChI=1S/C21H21N7O2S/c1-13-9-11-23-20-25-18(27-28(13)20)19(30)26-21-24-17(12-31-21)16-7-5-15(6-8-16)4-3-10-22-14(2)29/h5-9,11-12H,3-4,10H2,1-2H3,(H,22,29)(H,24,26,30). The van der Waals surface area contributed by atoms with Crippen LogP contribution in [0.15, 0.2) is 41.9 Å². The van der Waals surface area contributed by atoms with Crippen molar-refractivity contribution in [3.8, 4) is 11.3 Å². The molecule has 0 atom stereocenters. The van der Waals surface area contributed by atoms with Crippen LogP contribution < -0.4 is 10.6 Å². The van der Waals surface area contributed by atoms with Crippen molar-refractivity contribution in [1.29, 1.82) is 0 Å². The van der Waals surface area contributed by atoms with Crippen molar-refractivity contribution in [1.82, 2.24) is 29.9 Å². The van der Waals surface area contributed by atoms with Crippen molar-refractivity contribution in [2.24, 2.45) is 0 Å². The smallest absolute Gasteiger partial charge is 0.297 e. The molecule has 0 fully saturated rings. The summed E-state index contributed by atoms with van der Waals surface area (Å²) in [5, 5.41) is 12.1. The minimum Gasteiger partial charge on any atom is -0.356 e. The molecule has 2 N–H and O–H groups in total. The Labute approximate surface area is 182 Å². The molecular formula is C21H21N7O2S. The van der Waals surface area contributed by atoms with Crippen LogP contribution in [-0.2, 0) is 11.2 Å². The van der Waals surface area contributed by atoms with Gasteiger partial charge in [0.05, 0.1) is 5.69 Å². The number of nitrogens with one attached hydrogen (secondary N) is 2. The van der Waals surface area contributed by atoms with Crippen molar-refractivity contribution >= 4 is 34.1 Å². The van der Waals surface area contributed by atoms with Crippen LogP contribution in [0.4, 0.5) is 5.13 Å². The maximum Gasteiger partial charge on any atom is 0.297 e. The summed E-state index contributed by atoms with van der Waals surface area (Å²) in [4.78, 5) is 36.2. The molecule has 0 spiro atoms. The topological polar surface area (TPSA) is 114 Å². The highest BCUT2D eigenvalue weighted by molar-refractivity contribution is 7.14. The molecule has 2 amide bonds. The molecule has 0 saturated carbocycles. The average Bonchev–Trinajstić information content (AvgIpc) is 3.39. The fourth-order valence-corrected chi connectivity index (χ4v) is 3.73. The number of thiazole rings is 1. The summed E-state index contributed by atoms with van der Waals surface area (Å²) >= 11 is 1.34. The predicted octanol–water partition coefficient (Wildman–Crippen LogP) is 2.88. The summed E-state index contributed by atoms with van der Waals surface area (Å²) in [6.07, 6.45) is 3.40. The van der Waals surface area contributed by atoms with Crippen LogP contribution in [0.2, 0.25) is 0 Å². The Morgan fingerprint density at radius 1 is 1.13 bits per heavy atom. The van der Waals surface area contributed by atoms with Crippen LogP contribution in [0, 0.1) is 6.92 Å². The number of benzene rings is 1. The molecule has 0 aliphatic rings. The van der Waals surface area contributed by atoms with Gasteiger partial charge < -0.3 is 5.32 Å². The molecule has 0 radical (unpaired) electrons. The second-order valence-corrected chi connectivity index (χ2v) is 7.87. The lowest BCUT2D eigenvalue weighted by molar-refractivity contribution is -0.118. The predicted molar refractivity (Wildman–Crippen MR) is 118 cm³/mol. The maximum absolute atomic E-state index is 12.5. The van der Waals surface area contributed by atoms with Crippen LogP contribution in [0.25, 0.3) is 17.0 Å². The molecule has 4 rings (SSSR count). The van der Waals surface area contributed by atoms with Gasteiger partial charge in [-0.2, -0.15) is 4.98 Å². The number of hydrogen-bond donors (Lipinski definition) is 2. The summed E-state index contributed by atoms with van der Waals surface area (Å²) in [5.41, 5.74) is 3.78. The highest BCUT2D eigenvalue weighted by atomic mass is 32.1. The number of amides is 2. The van der Waals surface area contributed by atoms with Crippen LogP contribution >= 0.6 is 11.3 Å². The number of rotatable bonds is 7. The zero-order valence-electron chi connectivity index (χ0n) is 17.1. The number of nitrogens with zero attached hydrogens (tertiary/aromatic N) is 5. The van der Waals surface area contributed by atoms with Gasteiger partial charge in [0.1, 0.15) is 0 Å². The van der Waals surface area contributed by atoms with Gasteiger partial charge in [0.25, 0.3) is 11.7 Å². The van der Waals surface area contributed by atoms with Crippen molar-refractivity contribution < 1.29 is 9.59 Å². The van der Waals surface area contributed by atoms with Gasteiger partial charge in [-0.1, -0.05) is 24.3 Å². The van der Waals surface area contributed by atoms with E-state index >= 15 is 0 Å². The quantitative estimate of drug-likeness (QED) is 0.432. The van der Waals surface area contributed by atoms with Crippen LogP contribution in [0.3, 0.4) is 0 Å². The van der Waals surface area contributed by atoms with E-state index in [0.717, 1.165) is 29.8 Å². The molecule has 3 aromatic heterocycles. The van der Waals surface area contributed by atoms with E-state index in [9.17, 15) is 9.59 Å². The fraction of sp³-hybridized carbons (Fsp3) is 0.238. The molecule has 0 aliphatic heterocycles. The van der Waals surface area contributed by atoms with E-state index in [0.29, 0.717) is 17.5 Å². The average molecular weight is 436 g/mol. The van der Waals surface area contributed by atoms with E-state index in [2.05, 4.69) is 42.8 Å². The minimum absolute atomic E-state index is 0.00878. The number of anilines is 1. The molecule has 0 saturated heterocycles. The first kappa shape index (κ1) is 20.6. The van der Waals surface area contributed by atoms with Gasteiger partial charge in [-0.15, -0.1) is 16.4 Å². The number of carbonyl (C=O) groups excluding carboxylic acids is 2. The van der Waals surface area contributed by atoms with E-state index < -0.39 is 5.91 Å². The number of hydrogen-bond acceptors (Lipinski definition) is 7. The molecule has 1 aromatic carbocycles. The Kier molecular flexibility index (Phi) is 5.99. The van der Waals surface area contributed by atoms with E-state index in [1.165, 1.54) is 28.3 Å². The van der Waals surface area contributed by atoms with E-state index in [1.807, 2.05) is 24.4 Å². The van der Waals surface area contributed by atoms with Gasteiger partial charge in [0, 0.05) is 36.3 Å². The lowest BCUT2D eigenvalue weighted by atomic mass is 10.1. The van der Waals surface area contributed by atoms with Crippen molar-refractivity contribution in [3.05, 3.63) is 59.0 Å². The van der Waals surface area contributed by atoms with Crippen molar-refractivity contribution in [2.75, 3.05) is 11.9 Å². The van der Waals surface area contributed by atoms with Crippen LogP contribution in [-0.4, -0.2) is 42.9 Å². The third-order valence-corrected chi connectivity index (χ3v) is 5.38. The van der Waals surface area contributed by atoms with Gasteiger partial charge in [-0.05, 0) is 31.4 Å². The number of aromatic nitrogens is 5. The molecule has 0 aliphatic carbocycles. The molecule has 10 heteroatoms. The van der Waals surface area contributed by atoms with E-state index in [-0.39, 0.29) is 11.7 Å². The summed E-state index contributed by atoms with van der Waals surface area (Å²) in [6, 6.07) is 9.91. The molecule has 0 unspecified atom stereocenters. The Bertz CT molecular complexity index is 1230. The number of aryl methyl sites for hydroxylation is 2. The second kappa shape index (κ2) is 9.00. The minimum atomic E-state index is -0.430. The van der Waals surface area contributed by atoms with Gasteiger partial charge >= 0.3 is 0 Å². The molecule has 3 heterocycles. The highest BCUT2D eigenvalue weighted by Crippen LogP contribution is 2.25. The van der Waals surface area contributed by atoms with Crippen LogP contribution in [0.1, 0.15) is 35.2 Å². The monoisotopic (exact) mass is 435 g/mol. The summed E-state index contributed by atoms with van der Waals surface area (Å²) in [5.74, 6) is -0.0184. The van der Waals surface area contributed by atoms with E-state index in [1.54, 1.807) is 12.3 Å². The normalized spacial score (nSPS) is 10.9. The maximum atomic E-state index is 12.5. The third-order valence-electron chi connectivity index (χ3n) is 4.62. The first-order chi connectivity index (χ1) is 15.0. The Balaban J connectivity index is 1.39. The Morgan fingerprint density at radius 2 is 1.94 bits per heavy atom. The van der Waals surface area contributed by atoms with Crippen molar-refractivity contribution in [3.63, 3.8) is 0 Å². The Morgan fingerprint density at radius 3 is 2.68 bits per heavy atom. The molecule has 31 heavy (non-hydrogen) atoms. The van der Waals surface area contributed by atoms with Gasteiger partial charge in [0.2, 0.25) is 11.7 Å². The zero-order chi connectivity index (χ0) is 21.8. The molecule has 158 valence electrons.